The Bertz CT molecular complexity index is 558. The molecule has 1 aromatic heterocycles. The van der Waals surface area contributed by atoms with E-state index in [0.717, 1.165) is 6.42 Å². The van der Waals surface area contributed by atoms with E-state index in [1.807, 2.05) is 0 Å². The second-order valence-corrected chi connectivity index (χ2v) is 4.84. The van der Waals surface area contributed by atoms with Gasteiger partial charge in [-0.2, -0.15) is 0 Å². The van der Waals surface area contributed by atoms with E-state index in [2.05, 4.69) is 46.5 Å². The van der Waals surface area contributed by atoms with Crippen molar-refractivity contribution in [1.82, 2.24) is 9.97 Å². The van der Waals surface area contributed by atoms with Gasteiger partial charge in [0.05, 0.1) is 0 Å². The summed E-state index contributed by atoms with van der Waals surface area (Å²) in [6, 6.07) is 10.2. The van der Waals surface area contributed by atoms with Crippen molar-refractivity contribution in [1.29, 1.82) is 0 Å². The van der Waals surface area contributed by atoms with Crippen molar-refractivity contribution < 1.29 is 4.74 Å². The highest BCUT2D eigenvalue weighted by Crippen LogP contribution is 2.13. The Hall–Kier alpha value is -1.65. The Balaban J connectivity index is 2.02. The predicted molar refractivity (Wildman–Crippen MR) is 80.9 cm³/mol. The molecule has 0 fully saturated rings. The maximum atomic E-state index is 5.96. The molecular formula is C15H18ClN3O. The predicted octanol–water partition coefficient (Wildman–Crippen LogP) is 3.45. The fourth-order valence-electron chi connectivity index (χ4n) is 1.83. The molecule has 5 heteroatoms. The van der Waals surface area contributed by atoms with Crippen LogP contribution in [0.2, 0.25) is 5.15 Å². The molecule has 1 aromatic carbocycles. The number of nitrogens with zero attached hydrogens (tertiary/aromatic N) is 2. The fourth-order valence-corrected chi connectivity index (χ4v) is 2.04. The topological polar surface area (TPSA) is 47.0 Å². The molecular weight excluding hydrogens is 274 g/mol. The molecule has 0 atom stereocenters. The van der Waals surface area contributed by atoms with Crippen LogP contribution in [0, 0.1) is 0 Å². The van der Waals surface area contributed by atoms with Crippen LogP contribution >= 0.6 is 11.6 Å². The quantitative estimate of drug-likeness (QED) is 0.828. The molecule has 0 radical (unpaired) electrons. The van der Waals surface area contributed by atoms with Crippen molar-refractivity contribution >= 4 is 17.4 Å². The van der Waals surface area contributed by atoms with Gasteiger partial charge < -0.3 is 10.1 Å². The van der Waals surface area contributed by atoms with Crippen molar-refractivity contribution in [3.63, 3.8) is 0 Å². The highest BCUT2D eigenvalue weighted by Gasteiger charge is 2.03. The van der Waals surface area contributed by atoms with E-state index < -0.39 is 0 Å². The van der Waals surface area contributed by atoms with E-state index in [0.29, 0.717) is 29.9 Å². The molecule has 0 saturated heterocycles. The third kappa shape index (κ3) is 4.18. The summed E-state index contributed by atoms with van der Waals surface area (Å²) in [4.78, 5) is 8.43. The highest BCUT2D eigenvalue weighted by atomic mass is 35.5. The van der Waals surface area contributed by atoms with Gasteiger partial charge in [0.15, 0.2) is 5.82 Å². The Labute approximate surface area is 124 Å². The molecule has 20 heavy (non-hydrogen) atoms. The number of anilines is 1. The number of nitrogens with one attached hydrogen (secondary N) is 1. The van der Waals surface area contributed by atoms with Crippen LogP contribution in [0.15, 0.2) is 30.3 Å². The molecule has 0 amide bonds. The lowest BCUT2D eigenvalue weighted by atomic mass is 10.1. The average Bonchev–Trinajstić information content (AvgIpc) is 2.45. The zero-order valence-electron chi connectivity index (χ0n) is 11.7. The van der Waals surface area contributed by atoms with Gasteiger partial charge >= 0.3 is 0 Å². The molecule has 4 nitrogen and oxygen atoms in total. The summed E-state index contributed by atoms with van der Waals surface area (Å²) in [5.74, 6) is 1.28. The molecule has 2 aromatic rings. The van der Waals surface area contributed by atoms with Gasteiger partial charge in [-0.25, -0.2) is 9.97 Å². The third-order valence-electron chi connectivity index (χ3n) is 2.92. The number of hydrogen-bond donors (Lipinski definition) is 1. The van der Waals surface area contributed by atoms with Crippen molar-refractivity contribution in [2.45, 2.75) is 26.5 Å². The Morgan fingerprint density at radius 1 is 1.15 bits per heavy atom. The van der Waals surface area contributed by atoms with Crippen LogP contribution < -0.4 is 5.32 Å². The Morgan fingerprint density at radius 3 is 2.50 bits per heavy atom. The normalized spacial score (nSPS) is 10.6. The third-order valence-corrected chi connectivity index (χ3v) is 3.11. The van der Waals surface area contributed by atoms with E-state index in [4.69, 9.17) is 16.3 Å². The highest BCUT2D eigenvalue weighted by molar-refractivity contribution is 6.29. The maximum Gasteiger partial charge on any atom is 0.158 e. The minimum Gasteiger partial charge on any atom is -0.377 e. The zero-order valence-corrected chi connectivity index (χ0v) is 12.4. The minimum absolute atomic E-state index is 0.348. The van der Waals surface area contributed by atoms with E-state index in [-0.39, 0.29) is 0 Å². The smallest absolute Gasteiger partial charge is 0.158 e. The van der Waals surface area contributed by atoms with Crippen LogP contribution in [0.25, 0.3) is 0 Å². The number of hydrogen-bond acceptors (Lipinski definition) is 4. The van der Waals surface area contributed by atoms with Gasteiger partial charge in [0.25, 0.3) is 0 Å². The van der Waals surface area contributed by atoms with Gasteiger partial charge in [-0.15, -0.1) is 0 Å². The number of benzene rings is 1. The van der Waals surface area contributed by atoms with Crippen LogP contribution in [0.4, 0.5) is 5.82 Å². The maximum absolute atomic E-state index is 5.96. The molecule has 0 unspecified atom stereocenters. The van der Waals surface area contributed by atoms with E-state index in [1.165, 1.54) is 11.1 Å². The number of halogens is 1. The first-order valence-corrected chi connectivity index (χ1v) is 6.93. The Morgan fingerprint density at radius 2 is 1.85 bits per heavy atom. The van der Waals surface area contributed by atoms with Gasteiger partial charge in [0.1, 0.15) is 17.6 Å². The van der Waals surface area contributed by atoms with Gasteiger partial charge in [0, 0.05) is 19.7 Å². The molecule has 0 aliphatic rings. The zero-order chi connectivity index (χ0) is 14.4. The van der Waals surface area contributed by atoms with Crippen molar-refractivity contribution in [3.05, 3.63) is 52.4 Å². The summed E-state index contributed by atoms with van der Waals surface area (Å²) < 4.78 is 5.01. The minimum atomic E-state index is 0.348. The van der Waals surface area contributed by atoms with E-state index >= 15 is 0 Å². The molecule has 0 aliphatic carbocycles. The summed E-state index contributed by atoms with van der Waals surface area (Å²) >= 11 is 5.96. The van der Waals surface area contributed by atoms with Gasteiger partial charge in [-0.1, -0.05) is 42.8 Å². The van der Waals surface area contributed by atoms with Crippen LogP contribution in [0.3, 0.4) is 0 Å². The molecule has 0 bridgehead atoms. The van der Waals surface area contributed by atoms with Crippen LogP contribution in [0.1, 0.15) is 23.9 Å². The fraction of sp³-hybridized carbons (Fsp3) is 0.333. The first-order valence-electron chi connectivity index (χ1n) is 6.55. The summed E-state index contributed by atoms with van der Waals surface area (Å²) in [7, 11) is 1.60. The monoisotopic (exact) mass is 291 g/mol. The first kappa shape index (κ1) is 14.8. The summed E-state index contributed by atoms with van der Waals surface area (Å²) in [6.45, 7) is 3.19. The lowest BCUT2D eigenvalue weighted by molar-refractivity contribution is 0.178. The molecule has 106 valence electrons. The number of rotatable bonds is 6. The molecule has 0 aliphatic heterocycles. The largest absolute Gasteiger partial charge is 0.377 e. The second kappa shape index (κ2) is 7.22. The second-order valence-electron chi connectivity index (χ2n) is 4.45. The number of ether oxygens (including phenoxy) is 1. The molecule has 0 spiro atoms. The SMILES string of the molecule is CCc1ccc(CNc2cc(Cl)nc(COC)n2)cc1. The summed E-state index contributed by atoms with van der Waals surface area (Å²) in [5, 5.41) is 3.66. The lowest BCUT2D eigenvalue weighted by Crippen LogP contribution is -2.05. The van der Waals surface area contributed by atoms with Crippen LogP contribution in [0.5, 0.6) is 0 Å². The van der Waals surface area contributed by atoms with Crippen LogP contribution in [-0.2, 0) is 24.3 Å². The van der Waals surface area contributed by atoms with Crippen LogP contribution in [-0.4, -0.2) is 17.1 Å². The summed E-state index contributed by atoms with van der Waals surface area (Å²) in [5.41, 5.74) is 2.53. The van der Waals surface area contributed by atoms with Gasteiger partial charge in [-0.05, 0) is 17.5 Å². The lowest BCUT2D eigenvalue weighted by Gasteiger charge is -2.08. The van der Waals surface area contributed by atoms with E-state index in [1.54, 1.807) is 13.2 Å². The average molecular weight is 292 g/mol. The summed E-state index contributed by atoms with van der Waals surface area (Å²) in [6.07, 6.45) is 1.05. The standard InChI is InChI=1S/C15H18ClN3O/c1-3-11-4-6-12(7-5-11)9-17-14-8-13(16)18-15(19-14)10-20-2/h4-8H,3,9-10H2,1-2H3,(H,17,18,19). The first-order chi connectivity index (χ1) is 9.71. The number of aromatic nitrogens is 2. The van der Waals surface area contributed by atoms with E-state index in [9.17, 15) is 0 Å². The van der Waals surface area contributed by atoms with Gasteiger partial charge in [0.2, 0.25) is 0 Å². The molecule has 0 saturated carbocycles. The molecule has 2 rings (SSSR count). The van der Waals surface area contributed by atoms with Crippen molar-refractivity contribution in [2.75, 3.05) is 12.4 Å². The van der Waals surface area contributed by atoms with Crippen molar-refractivity contribution in [2.24, 2.45) is 0 Å². The Kier molecular flexibility index (Phi) is 5.32. The van der Waals surface area contributed by atoms with Crippen molar-refractivity contribution in [3.8, 4) is 0 Å². The number of aryl methyl sites for hydroxylation is 1. The molecule has 1 heterocycles. The number of methoxy groups -OCH3 is 1. The van der Waals surface area contributed by atoms with Gasteiger partial charge in [-0.3, -0.25) is 0 Å². The molecule has 1 N–H and O–H groups in total.